The highest BCUT2D eigenvalue weighted by Crippen LogP contribution is 2.32. The summed E-state index contributed by atoms with van der Waals surface area (Å²) < 4.78 is 13.2. The first-order valence-electron chi connectivity index (χ1n) is 8.51. The van der Waals surface area contributed by atoms with Crippen LogP contribution < -0.4 is 0 Å². The van der Waals surface area contributed by atoms with Gasteiger partial charge in [-0.1, -0.05) is 12.1 Å². The van der Waals surface area contributed by atoms with Gasteiger partial charge >= 0.3 is 0 Å². The van der Waals surface area contributed by atoms with Crippen molar-refractivity contribution in [3.8, 4) is 0 Å². The lowest BCUT2D eigenvalue weighted by Crippen LogP contribution is -2.48. The van der Waals surface area contributed by atoms with E-state index in [9.17, 15) is 14.0 Å². The van der Waals surface area contributed by atoms with Crippen LogP contribution in [0.5, 0.6) is 0 Å². The lowest BCUT2D eigenvalue weighted by atomic mass is 10.0. The third-order valence-electron chi connectivity index (χ3n) is 4.70. The number of rotatable bonds is 5. The van der Waals surface area contributed by atoms with Gasteiger partial charge in [-0.15, -0.1) is 0 Å². The van der Waals surface area contributed by atoms with Crippen LogP contribution in [0.15, 0.2) is 30.0 Å². The van der Waals surface area contributed by atoms with E-state index in [1.165, 1.54) is 29.2 Å². The Labute approximate surface area is 146 Å². The average molecular weight is 347 g/mol. The lowest BCUT2D eigenvalue weighted by Gasteiger charge is -2.36. The molecule has 2 aliphatic rings. The third kappa shape index (κ3) is 3.29. The Morgan fingerprint density at radius 3 is 2.24 bits per heavy atom. The molecule has 0 bridgehead atoms. The minimum atomic E-state index is -0.382. The van der Waals surface area contributed by atoms with E-state index in [2.05, 4.69) is 4.90 Å². The standard InChI is InChI=1S/C18H22FN3O3/c1-2-22-17(24)15(13-3-5-14(19)6-4-13)16(18(22)25)21-9-7-20(8-10-21)11-12-23/h3-6,23H,2,7-12H2,1H3. The lowest BCUT2D eigenvalue weighted by molar-refractivity contribution is -0.137. The summed E-state index contributed by atoms with van der Waals surface area (Å²) in [6, 6.07) is 5.67. The molecule has 0 saturated carbocycles. The number of benzene rings is 1. The molecule has 0 spiro atoms. The van der Waals surface area contributed by atoms with E-state index in [4.69, 9.17) is 5.11 Å². The van der Waals surface area contributed by atoms with Crippen LogP contribution in [-0.4, -0.2) is 77.5 Å². The number of β-amino-alcohol motifs (C(OH)–C–C–N with tert-alkyl or cyclic N) is 1. The molecular weight excluding hydrogens is 325 g/mol. The monoisotopic (exact) mass is 347 g/mol. The van der Waals surface area contributed by atoms with E-state index in [1.807, 2.05) is 4.90 Å². The molecule has 0 radical (unpaired) electrons. The molecular formula is C18H22FN3O3. The Kier molecular flexibility index (Phi) is 5.15. The number of amides is 2. The highest BCUT2D eigenvalue weighted by molar-refractivity contribution is 6.35. The number of hydrogen-bond donors (Lipinski definition) is 1. The molecule has 1 aromatic rings. The highest BCUT2D eigenvalue weighted by Gasteiger charge is 2.41. The molecule has 7 heteroatoms. The molecule has 2 heterocycles. The summed E-state index contributed by atoms with van der Waals surface area (Å²) in [7, 11) is 0. The first-order valence-corrected chi connectivity index (χ1v) is 8.51. The van der Waals surface area contributed by atoms with Gasteiger partial charge < -0.3 is 10.0 Å². The summed E-state index contributed by atoms with van der Waals surface area (Å²) >= 11 is 0. The number of likely N-dealkylation sites (N-methyl/N-ethyl adjacent to an activating group) is 1. The van der Waals surface area contributed by atoms with E-state index in [0.29, 0.717) is 56.1 Å². The second kappa shape index (κ2) is 7.33. The number of aliphatic hydroxyl groups is 1. The zero-order chi connectivity index (χ0) is 18.0. The molecule has 6 nitrogen and oxygen atoms in total. The van der Waals surface area contributed by atoms with Gasteiger partial charge in [-0.05, 0) is 24.6 Å². The Hall–Kier alpha value is -2.25. The maximum Gasteiger partial charge on any atom is 0.277 e. The molecule has 0 atom stereocenters. The molecule has 1 fully saturated rings. The summed E-state index contributed by atoms with van der Waals surface area (Å²) in [6.45, 7) is 5.42. The van der Waals surface area contributed by atoms with Gasteiger partial charge in [-0.2, -0.15) is 0 Å². The highest BCUT2D eigenvalue weighted by atomic mass is 19.1. The molecule has 2 amide bonds. The second-order valence-electron chi connectivity index (χ2n) is 6.14. The predicted octanol–water partition coefficient (Wildman–Crippen LogP) is 0.535. The summed E-state index contributed by atoms with van der Waals surface area (Å²) in [5, 5.41) is 9.05. The van der Waals surface area contributed by atoms with E-state index >= 15 is 0 Å². The van der Waals surface area contributed by atoms with Crippen LogP contribution >= 0.6 is 0 Å². The molecule has 1 saturated heterocycles. The van der Waals surface area contributed by atoms with Crippen LogP contribution in [0, 0.1) is 5.82 Å². The van der Waals surface area contributed by atoms with E-state index in [0.717, 1.165) is 0 Å². The fraction of sp³-hybridized carbons (Fsp3) is 0.444. The van der Waals surface area contributed by atoms with Gasteiger partial charge in [0.25, 0.3) is 11.8 Å². The minimum Gasteiger partial charge on any atom is -0.395 e. The van der Waals surface area contributed by atoms with Crippen molar-refractivity contribution in [1.29, 1.82) is 0 Å². The maximum absolute atomic E-state index is 13.2. The molecule has 3 rings (SSSR count). The van der Waals surface area contributed by atoms with Crippen molar-refractivity contribution >= 4 is 17.4 Å². The number of imide groups is 1. The van der Waals surface area contributed by atoms with Crippen LogP contribution in [0.4, 0.5) is 4.39 Å². The van der Waals surface area contributed by atoms with Gasteiger partial charge in [0, 0.05) is 39.3 Å². The molecule has 134 valence electrons. The molecule has 2 aliphatic heterocycles. The van der Waals surface area contributed by atoms with Crippen LogP contribution in [-0.2, 0) is 9.59 Å². The number of hydrogen-bond acceptors (Lipinski definition) is 5. The Morgan fingerprint density at radius 2 is 1.68 bits per heavy atom. The molecule has 0 unspecified atom stereocenters. The fourth-order valence-corrected chi connectivity index (χ4v) is 3.36. The minimum absolute atomic E-state index is 0.102. The fourth-order valence-electron chi connectivity index (χ4n) is 3.36. The zero-order valence-electron chi connectivity index (χ0n) is 14.2. The van der Waals surface area contributed by atoms with Crippen LogP contribution in [0.1, 0.15) is 12.5 Å². The summed E-state index contributed by atoms with van der Waals surface area (Å²) in [5.41, 5.74) is 1.31. The Balaban J connectivity index is 1.94. The number of carbonyl (C=O) groups excluding carboxylic acids is 2. The summed E-state index contributed by atoms with van der Waals surface area (Å²) in [4.78, 5) is 30.8. The van der Waals surface area contributed by atoms with Crippen molar-refractivity contribution in [1.82, 2.24) is 14.7 Å². The number of carbonyl (C=O) groups is 2. The number of nitrogens with zero attached hydrogens (tertiary/aromatic N) is 3. The SMILES string of the molecule is CCN1C(=O)C(c2ccc(F)cc2)=C(N2CCN(CCO)CC2)C1=O. The van der Waals surface area contributed by atoms with Crippen molar-refractivity contribution in [2.45, 2.75) is 6.92 Å². The largest absolute Gasteiger partial charge is 0.395 e. The van der Waals surface area contributed by atoms with Crippen LogP contribution in [0.25, 0.3) is 5.57 Å². The van der Waals surface area contributed by atoms with E-state index in [1.54, 1.807) is 6.92 Å². The van der Waals surface area contributed by atoms with Gasteiger partial charge in [0.05, 0.1) is 12.2 Å². The Bertz CT molecular complexity index is 694. The van der Waals surface area contributed by atoms with Gasteiger partial charge in [-0.25, -0.2) is 4.39 Å². The van der Waals surface area contributed by atoms with Crippen molar-refractivity contribution < 1.29 is 19.1 Å². The van der Waals surface area contributed by atoms with Gasteiger partial charge in [0.1, 0.15) is 11.5 Å². The zero-order valence-corrected chi connectivity index (χ0v) is 14.2. The van der Waals surface area contributed by atoms with E-state index < -0.39 is 0 Å². The number of piperazine rings is 1. The average Bonchev–Trinajstić information content (AvgIpc) is 2.87. The quantitative estimate of drug-likeness (QED) is 0.788. The molecule has 0 aliphatic carbocycles. The van der Waals surface area contributed by atoms with Crippen molar-refractivity contribution in [3.05, 3.63) is 41.3 Å². The second-order valence-corrected chi connectivity index (χ2v) is 6.14. The Morgan fingerprint density at radius 1 is 1.04 bits per heavy atom. The number of halogens is 1. The van der Waals surface area contributed by atoms with Crippen LogP contribution in [0.3, 0.4) is 0 Å². The third-order valence-corrected chi connectivity index (χ3v) is 4.70. The van der Waals surface area contributed by atoms with Crippen molar-refractivity contribution in [3.63, 3.8) is 0 Å². The van der Waals surface area contributed by atoms with Gasteiger partial charge in [-0.3, -0.25) is 19.4 Å². The molecule has 1 N–H and O–H groups in total. The maximum atomic E-state index is 13.2. The van der Waals surface area contributed by atoms with Gasteiger partial charge in [0.2, 0.25) is 0 Å². The first-order chi connectivity index (χ1) is 12.1. The predicted molar refractivity (Wildman–Crippen MR) is 90.8 cm³/mol. The van der Waals surface area contributed by atoms with Crippen molar-refractivity contribution in [2.24, 2.45) is 0 Å². The van der Waals surface area contributed by atoms with Crippen molar-refractivity contribution in [2.75, 3.05) is 45.9 Å². The topological polar surface area (TPSA) is 64.1 Å². The van der Waals surface area contributed by atoms with Crippen LogP contribution in [0.2, 0.25) is 0 Å². The molecule has 1 aromatic carbocycles. The summed E-state index contributed by atoms with van der Waals surface area (Å²) in [6.07, 6.45) is 0. The molecule has 25 heavy (non-hydrogen) atoms. The normalized spacial score (nSPS) is 19.3. The summed E-state index contributed by atoms with van der Waals surface area (Å²) in [5.74, 6) is -0.998. The van der Waals surface area contributed by atoms with E-state index in [-0.39, 0.29) is 24.2 Å². The molecule has 0 aromatic heterocycles. The number of aliphatic hydroxyl groups excluding tert-OH is 1. The smallest absolute Gasteiger partial charge is 0.277 e. The van der Waals surface area contributed by atoms with Gasteiger partial charge in [0.15, 0.2) is 0 Å². The first kappa shape index (κ1) is 17.6.